The fourth-order valence-corrected chi connectivity index (χ4v) is 2.29. The molecule has 20 heavy (non-hydrogen) atoms. The molecule has 0 aliphatic rings. The third-order valence-electron chi connectivity index (χ3n) is 2.83. The van der Waals surface area contributed by atoms with Gasteiger partial charge in [0.15, 0.2) is 0 Å². The van der Waals surface area contributed by atoms with Gasteiger partial charge in [0.1, 0.15) is 5.75 Å². The molecule has 6 heteroatoms. The van der Waals surface area contributed by atoms with Gasteiger partial charge in [-0.15, -0.1) is 0 Å². The van der Waals surface area contributed by atoms with Gasteiger partial charge in [-0.25, -0.2) is 4.98 Å². The summed E-state index contributed by atoms with van der Waals surface area (Å²) in [5.41, 5.74) is 1.94. The van der Waals surface area contributed by atoms with E-state index in [0.29, 0.717) is 13.2 Å². The molecule has 0 atom stereocenters. The van der Waals surface area contributed by atoms with Crippen molar-refractivity contribution in [2.75, 3.05) is 32.7 Å². The van der Waals surface area contributed by atoms with E-state index in [-0.39, 0.29) is 0 Å². The number of imidazole rings is 1. The van der Waals surface area contributed by atoms with Crippen LogP contribution in [0.5, 0.6) is 5.75 Å². The molecule has 0 unspecified atom stereocenters. The lowest BCUT2D eigenvalue weighted by Crippen LogP contribution is -2.11. The van der Waals surface area contributed by atoms with Crippen molar-refractivity contribution in [3.8, 4) is 11.4 Å². The molecule has 1 aromatic heterocycles. The van der Waals surface area contributed by atoms with Gasteiger partial charge in [-0.1, -0.05) is 0 Å². The van der Waals surface area contributed by atoms with Crippen LogP contribution in [-0.2, 0) is 4.74 Å². The fourth-order valence-electron chi connectivity index (χ4n) is 1.88. The Labute approximate surface area is 127 Å². The van der Waals surface area contributed by atoms with E-state index in [1.54, 1.807) is 14.2 Å². The molecule has 0 saturated heterocycles. The van der Waals surface area contributed by atoms with Gasteiger partial charge in [-0.2, -0.15) is 0 Å². The average Bonchev–Trinajstić information content (AvgIpc) is 2.81. The second-order valence-electron chi connectivity index (χ2n) is 4.31. The molecule has 2 aromatic rings. The number of nitrogens with zero attached hydrogens (tertiary/aromatic N) is 2. The van der Waals surface area contributed by atoms with Crippen LogP contribution in [-0.4, -0.2) is 36.9 Å². The van der Waals surface area contributed by atoms with Crippen molar-refractivity contribution >= 4 is 21.9 Å². The van der Waals surface area contributed by atoms with Crippen LogP contribution in [0.4, 0.5) is 5.95 Å². The van der Waals surface area contributed by atoms with E-state index in [0.717, 1.165) is 27.6 Å². The van der Waals surface area contributed by atoms with E-state index in [4.69, 9.17) is 9.47 Å². The fraction of sp³-hybridized carbons (Fsp3) is 0.357. The van der Waals surface area contributed by atoms with Crippen LogP contribution in [0.3, 0.4) is 0 Å². The van der Waals surface area contributed by atoms with Gasteiger partial charge in [-0.3, -0.25) is 4.57 Å². The zero-order chi connectivity index (χ0) is 14.5. The molecule has 0 aliphatic heterocycles. The van der Waals surface area contributed by atoms with Crippen LogP contribution < -0.4 is 10.1 Å². The number of aryl methyl sites for hydroxylation is 1. The number of hydrogen-bond donors (Lipinski definition) is 1. The molecule has 1 N–H and O–H groups in total. The van der Waals surface area contributed by atoms with Crippen molar-refractivity contribution in [2.24, 2.45) is 0 Å². The number of methoxy groups -OCH3 is 2. The number of aromatic nitrogens is 2. The van der Waals surface area contributed by atoms with Crippen LogP contribution in [0, 0.1) is 6.92 Å². The maximum absolute atomic E-state index is 5.33. The quantitative estimate of drug-likeness (QED) is 0.822. The van der Waals surface area contributed by atoms with E-state index >= 15 is 0 Å². The number of anilines is 1. The number of hydrogen-bond acceptors (Lipinski definition) is 4. The smallest absolute Gasteiger partial charge is 0.207 e. The summed E-state index contributed by atoms with van der Waals surface area (Å²) in [4.78, 5) is 4.48. The first-order valence-electron chi connectivity index (χ1n) is 6.28. The van der Waals surface area contributed by atoms with E-state index in [1.807, 2.05) is 35.9 Å². The van der Waals surface area contributed by atoms with Gasteiger partial charge in [0.25, 0.3) is 0 Å². The number of halogens is 1. The number of rotatable bonds is 6. The maximum atomic E-state index is 5.33. The molecular formula is C14H18BrN3O2. The van der Waals surface area contributed by atoms with E-state index in [2.05, 4.69) is 26.2 Å². The van der Waals surface area contributed by atoms with Gasteiger partial charge >= 0.3 is 0 Å². The minimum absolute atomic E-state index is 0.634. The molecule has 0 amide bonds. The van der Waals surface area contributed by atoms with Crippen LogP contribution in [0.25, 0.3) is 5.69 Å². The summed E-state index contributed by atoms with van der Waals surface area (Å²) < 4.78 is 13.3. The largest absolute Gasteiger partial charge is 0.495 e. The lowest BCUT2D eigenvalue weighted by atomic mass is 10.3. The summed E-state index contributed by atoms with van der Waals surface area (Å²) >= 11 is 3.46. The first-order chi connectivity index (χ1) is 9.65. The molecular weight excluding hydrogens is 322 g/mol. The molecule has 5 nitrogen and oxygen atoms in total. The highest BCUT2D eigenvalue weighted by molar-refractivity contribution is 9.10. The second kappa shape index (κ2) is 6.76. The zero-order valence-corrected chi connectivity index (χ0v) is 13.4. The molecule has 0 aliphatic carbocycles. The first kappa shape index (κ1) is 14.9. The summed E-state index contributed by atoms with van der Waals surface area (Å²) in [5.74, 6) is 1.58. The molecule has 0 spiro atoms. The Balaban J connectivity index is 2.31. The third kappa shape index (κ3) is 3.32. The van der Waals surface area contributed by atoms with E-state index in [9.17, 15) is 0 Å². The average molecular weight is 340 g/mol. The number of benzene rings is 1. The van der Waals surface area contributed by atoms with Gasteiger partial charge in [-0.05, 0) is 35.0 Å². The highest BCUT2D eigenvalue weighted by atomic mass is 79.9. The molecule has 0 bridgehead atoms. The first-order valence-corrected chi connectivity index (χ1v) is 7.07. The van der Waals surface area contributed by atoms with Crippen molar-refractivity contribution < 1.29 is 9.47 Å². The molecule has 0 fully saturated rings. The Kier molecular flexibility index (Phi) is 5.03. The molecule has 108 valence electrons. The monoisotopic (exact) mass is 339 g/mol. The standard InChI is InChI=1S/C14H18BrN3O2/c1-10-9-18(14(17-10)16-6-7-19-2)11-4-5-12(15)13(8-11)20-3/h4-5,8-9H,6-7H2,1-3H3,(H,16,17). The maximum Gasteiger partial charge on any atom is 0.207 e. The molecule has 0 saturated carbocycles. The van der Waals surface area contributed by atoms with Crippen molar-refractivity contribution in [2.45, 2.75) is 6.92 Å². The second-order valence-corrected chi connectivity index (χ2v) is 5.17. The highest BCUT2D eigenvalue weighted by Crippen LogP contribution is 2.28. The van der Waals surface area contributed by atoms with Crippen LogP contribution in [0.2, 0.25) is 0 Å². The van der Waals surface area contributed by atoms with Crippen molar-refractivity contribution in [3.05, 3.63) is 34.6 Å². The summed E-state index contributed by atoms with van der Waals surface area (Å²) in [5, 5.41) is 3.26. The summed E-state index contributed by atoms with van der Waals surface area (Å²) in [6, 6.07) is 5.93. The molecule has 1 heterocycles. The molecule has 0 radical (unpaired) electrons. The van der Waals surface area contributed by atoms with Crippen molar-refractivity contribution in [1.82, 2.24) is 9.55 Å². The molecule has 2 rings (SSSR count). The molecule has 1 aromatic carbocycles. The van der Waals surface area contributed by atoms with Crippen molar-refractivity contribution in [1.29, 1.82) is 0 Å². The number of ether oxygens (including phenoxy) is 2. The lowest BCUT2D eigenvalue weighted by Gasteiger charge is -2.11. The lowest BCUT2D eigenvalue weighted by molar-refractivity contribution is 0.210. The van der Waals surface area contributed by atoms with Crippen molar-refractivity contribution in [3.63, 3.8) is 0 Å². The Bertz CT molecular complexity index is 584. The van der Waals surface area contributed by atoms with Crippen LogP contribution >= 0.6 is 15.9 Å². The van der Waals surface area contributed by atoms with Crippen LogP contribution in [0.1, 0.15) is 5.69 Å². The minimum Gasteiger partial charge on any atom is -0.495 e. The van der Waals surface area contributed by atoms with Gasteiger partial charge in [0.05, 0.1) is 29.6 Å². The SMILES string of the molecule is COCCNc1nc(C)cn1-c1ccc(Br)c(OC)c1. The Morgan fingerprint density at radius 2 is 2.15 bits per heavy atom. The van der Waals surface area contributed by atoms with E-state index in [1.165, 1.54) is 0 Å². The summed E-state index contributed by atoms with van der Waals surface area (Å²) in [6.07, 6.45) is 1.98. The predicted octanol–water partition coefficient (Wildman–Crippen LogP) is 3.01. The third-order valence-corrected chi connectivity index (χ3v) is 3.48. The normalized spacial score (nSPS) is 10.6. The minimum atomic E-state index is 0.634. The number of nitrogens with one attached hydrogen (secondary N) is 1. The zero-order valence-electron chi connectivity index (χ0n) is 11.8. The Hall–Kier alpha value is -1.53. The van der Waals surface area contributed by atoms with Crippen LogP contribution in [0.15, 0.2) is 28.9 Å². The van der Waals surface area contributed by atoms with Gasteiger partial charge in [0.2, 0.25) is 5.95 Å². The Morgan fingerprint density at radius 3 is 2.85 bits per heavy atom. The summed E-state index contributed by atoms with van der Waals surface area (Å²) in [7, 11) is 3.33. The highest BCUT2D eigenvalue weighted by Gasteiger charge is 2.09. The van der Waals surface area contributed by atoms with Gasteiger partial charge < -0.3 is 14.8 Å². The van der Waals surface area contributed by atoms with E-state index < -0.39 is 0 Å². The van der Waals surface area contributed by atoms with Gasteiger partial charge in [0, 0.05) is 25.9 Å². The summed E-state index contributed by atoms with van der Waals surface area (Å²) in [6.45, 7) is 3.31. The Morgan fingerprint density at radius 1 is 1.35 bits per heavy atom. The predicted molar refractivity (Wildman–Crippen MR) is 82.9 cm³/mol. The topological polar surface area (TPSA) is 48.3 Å².